The maximum atomic E-state index is 13.3. The minimum Gasteiger partial charge on any atom is -0.343 e. The average Bonchev–Trinajstić information content (AvgIpc) is 3.53. The van der Waals surface area contributed by atoms with Crippen molar-refractivity contribution < 1.29 is 31.1 Å². The minimum absolute atomic E-state index is 0.0648. The number of nitrogens with zero attached hydrogens (tertiary/aromatic N) is 6. The van der Waals surface area contributed by atoms with Crippen molar-refractivity contribution in [3.05, 3.63) is 54.1 Å². The van der Waals surface area contributed by atoms with Crippen LogP contribution in [0.2, 0.25) is 0 Å². The second-order valence-corrected chi connectivity index (χ2v) is 7.45. The Labute approximate surface area is 187 Å². The van der Waals surface area contributed by atoms with Gasteiger partial charge in [0, 0.05) is 41.3 Å². The Kier molecular flexibility index (Phi) is 6.06. The second kappa shape index (κ2) is 8.83. The Bertz CT molecular complexity index is 1220. The van der Waals surface area contributed by atoms with Crippen LogP contribution in [-0.2, 0) is 11.0 Å². The lowest BCUT2D eigenvalue weighted by molar-refractivity contribution is -0.141. The van der Waals surface area contributed by atoms with Gasteiger partial charge in [0.1, 0.15) is 24.9 Å². The lowest BCUT2D eigenvalue weighted by Crippen LogP contribution is -2.34. The number of rotatable bonds is 6. The highest BCUT2D eigenvalue weighted by Crippen LogP contribution is 2.41. The first-order valence-electron chi connectivity index (χ1n) is 9.82. The van der Waals surface area contributed by atoms with Gasteiger partial charge in [0.05, 0.1) is 5.57 Å². The van der Waals surface area contributed by atoms with Gasteiger partial charge in [0.15, 0.2) is 5.82 Å². The average molecular weight is 483 g/mol. The third kappa shape index (κ3) is 5.74. The summed E-state index contributed by atoms with van der Waals surface area (Å²) in [5, 5.41) is 5.82. The zero-order chi connectivity index (χ0) is 24.5. The molecule has 3 aromatic rings. The van der Waals surface area contributed by atoms with Gasteiger partial charge in [0.25, 0.3) is 5.91 Å². The van der Waals surface area contributed by atoms with Crippen LogP contribution in [0.5, 0.6) is 0 Å². The molecule has 1 saturated carbocycles. The lowest BCUT2D eigenvalue weighted by atomic mass is 10.1. The van der Waals surface area contributed by atoms with Gasteiger partial charge in [0.2, 0.25) is 0 Å². The molecule has 3 heterocycles. The van der Waals surface area contributed by atoms with Crippen molar-refractivity contribution in [1.29, 1.82) is 0 Å². The highest BCUT2D eigenvalue weighted by atomic mass is 19.4. The standard InChI is InChI=1S/C20H15F6N7O/c21-19(22,23)8-29-18(34)14(13-5-27-9-28-6-13)7-33-10-30-17(32-33)12-3-15(11-1-2-11)31-16(4-12)20(24,25)26/h3-7,9-11H,1-2,8H2,(H,29,34)/b14-7+. The van der Waals surface area contributed by atoms with E-state index in [-0.39, 0.29) is 34.1 Å². The number of halogens is 6. The zero-order valence-corrected chi connectivity index (χ0v) is 17.1. The van der Waals surface area contributed by atoms with E-state index in [4.69, 9.17) is 0 Å². The van der Waals surface area contributed by atoms with Crippen LogP contribution in [0.3, 0.4) is 0 Å². The summed E-state index contributed by atoms with van der Waals surface area (Å²) in [7, 11) is 0. The van der Waals surface area contributed by atoms with Crippen molar-refractivity contribution in [2.45, 2.75) is 31.1 Å². The number of alkyl halides is 6. The van der Waals surface area contributed by atoms with Crippen LogP contribution in [0.4, 0.5) is 26.3 Å². The largest absolute Gasteiger partial charge is 0.433 e. The van der Waals surface area contributed by atoms with E-state index < -0.39 is 30.5 Å². The van der Waals surface area contributed by atoms with Gasteiger partial charge in [-0.3, -0.25) is 4.79 Å². The fraction of sp³-hybridized carbons (Fsp3) is 0.300. The van der Waals surface area contributed by atoms with E-state index in [0.717, 1.165) is 36.1 Å². The zero-order valence-electron chi connectivity index (χ0n) is 17.1. The van der Waals surface area contributed by atoms with Crippen LogP contribution < -0.4 is 5.32 Å². The van der Waals surface area contributed by atoms with Gasteiger partial charge in [-0.05, 0) is 25.0 Å². The summed E-state index contributed by atoms with van der Waals surface area (Å²) in [5.74, 6) is -1.22. The number of pyridine rings is 1. The Morgan fingerprint density at radius 1 is 1.12 bits per heavy atom. The van der Waals surface area contributed by atoms with E-state index in [1.54, 1.807) is 5.32 Å². The summed E-state index contributed by atoms with van der Waals surface area (Å²) < 4.78 is 78.5. The van der Waals surface area contributed by atoms with Gasteiger partial charge in [-0.15, -0.1) is 5.10 Å². The quantitative estimate of drug-likeness (QED) is 0.424. The van der Waals surface area contributed by atoms with E-state index >= 15 is 0 Å². The molecular weight excluding hydrogens is 468 g/mol. The normalized spacial score (nSPS) is 14.8. The van der Waals surface area contributed by atoms with Crippen molar-refractivity contribution >= 4 is 17.7 Å². The molecule has 4 rings (SSSR count). The molecule has 0 aromatic carbocycles. The molecule has 14 heteroatoms. The SMILES string of the molecule is O=C(NCC(F)(F)F)/C(=C/n1cnc(-c2cc(C3CC3)nc(C(F)(F)F)c2)n1)c1cncnc1. The first kappa shape index (κ1) is 23.3. The van der Waals surface area contributed by atoms with Crippen molar-refractivity contribution in [1.82, 2.24) is 35.0 Å². The molecule has 1 amide bonds. The number of carbonyl (C=O) groups is 1. The maximum Gasteiger partial charge on any atom is 0.433 e. The maximum absolute atomic E-state index is 13.3. The summed E-state index contributed by atoms with van der Waals surface area (Å²) in [6.45, 7) is -1.57. The number of nitrogens with one attached hydrogen (secondary N) is 1. The molecule has 8 nitrogen and oxygen atoms in total. The molecule has 1 fully saturated rings. The molecule has 0 radical (unpaired) electrons. The first-order chi connectivity index (χ1) is 16.0. The summed E-state index contributed by atoms with van der Waals surface area (Å²) in [5.41, 5.74) is -0.885. The van der Waals surface area contributed by atoms with Crippen molar-refractivity contribution in [2.75, 3.05) is 6.54 Å². The smallest absolute Gasteiger partial charge is 0.343 e. The highest BCUT2D eigenvalue weighted by molar-refractivity contribution is 6.22. The topological polar surface area (TPSA) is 98.5 Å². The summed E-state index contributed by atoms with van der Waals surface area (Å²) in [4.78, 5) is 27.6. The van der Waals surface area contributed by atoms with Gasteiger partial charge in [-0.2, -0.15) is 26.3 Å². The van der Waals surface area contributed by atoms with Crippen LogP contribution >= 0.6 is 0 Å². The lowest BCUT2D eigenvalue weighted by Gasteiger charge is -2.11. The predicted molar refractivity (Wildman–Crippen MR) is 105 cm³/mol. The monoisotopic (exact) mass is 483 g/mol. The molecule has 0 atom stereocenters. The van der Waals surface area contributed by atoms with Gasteiger partial charge in [-0.25, -0.2) is 24.6 Å². The molecule has 3 aromatic heterocycles. The van der Waals surface area contributed by atoms with Crippen LogP contribution in [0.1, 0.15) is 35.7 Å². The van der Waals surface area contributed by atoms with E-state index in [0.29, 0.717) is 0 Å². The third-order valence-corrected chi connectivity index (χ3v) is 4.72. The molecule has 0 saturated heterocycles. The number of hydrogen-bond acceptors (Lipinski definition) is 6. The van der Waals surface area contributed by atoms with E-state index in [1.165, 1.54) is 24.8 Å². The number of aromatic nitrogens is 6. The van der Waals surface area contributed by atoms with E-state index in [1.807, 2.05) is 0 Å². The molecule has 0 spiro atoms. The molecule has 0 bridgehead atoms. The van der Waals surface area contributed by atoms with Crippen LogP contribution in [0.15, 0.2) is 37.2 Å². The predicted octanol–water partition coefficient (Wildman–Crippen LogP) is 3.70. The summed E-state index contributed by atoms with van der Waals surface area (Å²) in [6.07, 6.45) is -2.06. The Balaban J connectivity index is 1.68. The molecule has 1 N–H and O–H groups in total. The van der Waals surface area contributed by atoms with E-state index in [9.17, 15) is 31.1 Å². The molecule has 1 aliphatic carbocycles. The van der Waals surface area contributed by atoms with Crippen molar-refractivity contribution in [3.63, 3.8) is 0 Å². The molecule has 0 aliphatic heterocycles. The molecule has 0 unspecified atom stereocenters. The first-order valence-corrected chi connectivity index (χ1v) is 9.82. The fourth-order valence-corrected chi connectivity index (χ4v) is 2.99. The second-order valence-electron chi connectivity index (χ2n) is 7.45. The minimum atomic E-state index is -4.67. The van der Waals surface area contributed by atoms with E-state index in [2.05, 4.69) is 25.0 Å². The Hall–Kier alpha value is -3.84. The molecule has 1 aliphatic rings. The fourth-order valence-electron chi connectivity index (χ4n) is 2.99. The molecular formula is C20H15F6N7O. The Morgan fingerprint density at radius 2 is 1.82 bits per heavy atom. The molecule has 178 valence electrons. The van der Waals surface area contributed by atoms with Gasteiger partial charge < -0.3 is 5.32 Å². The van der Waals surface area contributed by atoms with Crippen molar-refractivity contribution in [3.8, 4) is 11.4 Å². The van der Waals surface area contributed by atoms with Gasteiger partial charge in [-0.1, -0.05) is 0 Å². The third-order valence-electron chi connectivity index (χ3n) is 4.72. The van der Waals surface area contributed by atoms with Crippen molar-refractivity contribution in [2.24, 2.45) is 0 Å². The number of carbonyl (C=O) groups excluding carboxylic acids is 1. The summed E-state index contributed by atoms with van der Waals surface area (Å²) >= 11 is 0. The van der Waals surface area contributed by atoms with Crippen LogP contribution in [0, 0.1) is 0 Å². The van der Waals surface area contributed by atoms with Gasteiger partial charge >= 0.3 is 12.4 Å². The summed E-state index contributed by atoms with van der Waals surface area (Å²) in [6, 6.07) is 2.29. The highest BCUT2D eigenvalue weighted by Gasteiger charge is 2.36. The van der Waals surface area contributed by atoms with Crippen LogP contribution in [0.25, 0.3) is 23.2 Å². The Morgan fingerprint density at radius 3 is 2.44 bits per heavy atom. The molecule has 34 heavy (non-hydrogen) atoms. The number of amides is 1. The number of hydrogen-bond donors (Lipinski definition) is 1. The van der Waals surface area contributed by atoms with Crippen LogP contribution in [-0.4, -0.2) is 48.3 Å².